The molecule has 0 saturated heterocycles. The second-order valence-corrected chi connectivity index (χ2v) is 3.13. The predicted molar refractivity (Wildman–Crippen MR) is 43.7 cm³/mol. The highest BCUT2D eigenvalue weighted by molar-refractivity contribution is 7.11. The average Bonchev–Trinajstić information content (AvgIpc) is 2.36. The highest BCUT2D eigenvalue weighted by atomic mass is 32.1. The number of rotatable bonds is 3. The number of hydrogen-bond donors (Lipinski definition) is 0. The molecule has 0 aliphatic carbocycles. The first-order valence-corrected chi connectivity index (χ1v) is 4.28. The smallest absolute Gasteiger partial charge is 0.160 e. The molecule has 0 radical (unpaired) electrons. The molecule has 0 amide bonds. The van der Waals surface area contributed by atoms with Crippen molar-refractivity contribution in [3.8, 4) is 0 Å². The molecule has 0 unspecified atom stereocenters. The molecule has 1 heterocycles. The van der Waals surface area contributed by atoms with Gasteiger partial charge in [0, 0.05) is 0 Å². The number of carbonyl (C=O) groups is 1. The van der Waals surface area contributed by atoms with Crippen LogP contribution in [0.4, 0.5) is 0 Å². The van der Waals surface area contributed by atoms with Gasteiger partial charge in [0.15, 0.2) is 6.29 Å². The molecule has 1 aromatic rings. The molecule has 0 spiro atoms. The summed E-state index contributed by atoms with van der Waals surface area (Å²) < 4.78 is 0. The summed E-state index contributed by atoms with van der Waals surface area (Å²) in [6.45, 7) is 2.12. The minimum absolute atomic E-state index is 0.891. The van der Waals surface area contributed by atoms with Gasteiger partial charge < -0.3 is 0 Å². The number of carbonyl (C=O) groups excluding carboxylic acids is 1. The van der Waals surface area contributed by atoms with Gasteiger partial charge in [-0.25, -0.2) is 0 Å². The minimum Gasteiger partial charge on any atom is -0.297 e. The summed E-state index contributed by atoms with van der Waals surface area (Å²) in [4.78, 5) is 11.3. The van der Waals surface area contributed by atoms with E-state index in [-0.39, 0.29) is 0 Å². The Morgan fingerprint density at radius 1 is 1.70 bits per heavy atom. The Kier molecular flexibility index (Phi) is 2.63. The average molecular weight is 154 g/mol. The van der Waals surface area contributed by atoms with Crippen molar-refractivity contribution in [3.63, 3.8) is 0 Å². The number of thiophene rings is 1. The summed E-state index contributed by atoms with van der Waals surface area (Å²) in [5, 5.41) is 1.97. The zero-order valence-electron chi connectivity index (χ0n) is 5.96. The molecule has 54 valence electrons. The summed E-state index contributed by atoms with van der Waals surface area (Å²) in [5.74, 6) is 0. The van der Waals surface area contributed by atoms with Gasteiger partial charge in [-0.3, -0.25) is 4.79 Å². The van der Waals surface area contributed by atoms with E-state index in [0.29, 0.717) is 0 Å². The first kappa shape index (κ1) is 7.48. The maximum Gasteiger partial charge on any atom is 0.160 e. The standard InChI is InChI=1S/C8H10OS/c1-2-3-7-4-5-10-8(7)6-9/h4-6H,2-3H2,1H3. The van der Waals surface area contributed by atoms with E-state index in [1.165, 1.54) is 16.9 Å². The molecule has 0 fully saturated rings. The largest absolute Gasteiger partial charge is 0.297 e. The first-order chi connectivity index (χ1) is 4.88. The highest BCUT2D eigenvalue weighted by Crippen LogP contribution is 2.15. The van der Waals surface area contributed by atoms with Crippen molar-refractivity contribution >= 4 is 17.6 Å². The van der Waals surface area contributed by atoms with Crippen molar-refractivity contribution in [2.45, 2.75) is 19.8 Å². The van der Waals surface area contributed by atoms with Gasteiger partial charge in [-0.05, 0) is 23.4 Å². The van der Waals surface area contributed by atoms with Crippen LogP contribution in [-0.4, -0.2) is 6.29 Å². The van der Waals surface area contributed by atoms with Crippen LogP contribution in [0.5, 0.6) is 0 Å². The van der Waals surface area contributed by atoms with Crippen LogP contribution in [0.2, 0.25) is 0 Å². The fourth-order valence-electron chi connectivity index (χ4n) is 0.927. The quantitative estimate of drug-likeness (QED) is 0.611. The summed E-state index contributed by atoms with van der Waals surface area (Å²) in [7, 11) is 0. The van der Waals surface area contributed by atoms with Gasteiger partial charge in [-0.15, -0.1) is 11.3 Å². The highest BCUT2D eigenvalue weighted by Gasteiger charge is 1.99. The SMILES string of the molecule is CCCc1ccsc1C=O. The lowest BCUT2D eigenvalue weighted by molar-refractivity contribution is 0.112. The van der Waals surface area contributed by atoms with Crippen LogP contribution >= 0.6 is 11.3 Å². The van der Waals surface area contributed by atoms with Crippen molar-refractivity contribution in [2.75, 3.05) is 0 Å². The van der Waals surface area contributed by atoms with Gasteiger partial charge in [0.05, 0.1) is 4.88 Å². The Morgan fingerprint density at radius 2 is 2.50 bits per heavy atom. The molecule has 0 bridgehead atoms. The van der Waals surface area contributed by atoms with Crippen molar-refractivity contribution in [2.24, 2.45) is 0 Å². The third kappa shape index (κ3) is 1.45. The maximum absolute atomic E-state index is 10.4. The molecule has 0 aliphatic heterocycles. The zero-order chi connectivity index (χ0) is 7.40. The molecule has 10 heavy (non-hydrogen) atoms. The summed E-state index contributed by atoms with van der Waals surface area (Å²) in [6.07, 6.45) is 3.07. The Morgan fingerprint density at radius 3 is 3.10 bits per heavy atom. The van der Waals surface area contributed by atoms with Gasteiger partial charge in [0.25, 0.3) is 0 Å². The number of aryl methyl sites for hydroxylation is 1. The fraction of sp³-hybridized carbons (Fsp3) is 0.375. The van der Waals surface area contributed by atoms with Crippen LogP contribution in [0, 0.1) is 0 Å². The summed E-state index contributed by atoms with van der Waals surface area (Å²) in [6, 6.07) is 2.03. The van der Waals surface area contributed by atoms with E-state index in [4.69, 9.17) is 0 Å². The lowest BCUT2D eigenvalue weighted by Gasteiger charge is -1.91. The maximum atomic E-state index is 10.4. The molecule has 0 aliphatic rings. The van der Waals surface area contributed by atoms with E-state index < -0.39 is 0 Å². The van der Waals surface area contributed by atoms with Crippen LogP contribution in [0.15, 0.2) is 11.4 Å². The third-order valence-electron chi connectivity index (χ3n) is 1.41. The molecule has 0 N–H and O–H groups in total. The van der Waals surface area contributed by atoms with E-state index in [1.807, 2.05) is 11.4 Å². The van der Waals surface area contributed by atoms with Gasteiger partial charge in [-0.1, -0.05) is 13.3 Å². The van der Waals surface area contributed by atoms with Crippen molar-refractivity contribution in [1.82, 2.24) is 0 Å². The molecular weight excluding hydrogens is 144 g/mol. The van der Waals surface area contributed by atoms with E-state index in [2.05, 4.69) is 6.92 Å². The zero-order valence-corrected chi connectivity index (χ0v) is 6.78. The van der Waals surface area contributed by atoms with Gasteiger partial charge >= 0.3 is 0 Å². The molecule has 0 saturated carbocycles. The van der Waals surface area contributed by atoms with E-state index >= 15 is 0 Å². The van der Waals surface area contributed by atoms with E-state index in [0.717, 1.165) is 24.0 Å². The molecule has 1 nitrogen and oxygen atoms in total. The van der Waals surface area contributed by atoms with Gasteiger partial charge in [0.2, 0.25) is 0 Å². The molecular formula is C8H10OS. The Bertz CT molecular complexity index is 215. The number of aldehydes is 1. The van der Waals surface area contributed by atoms with E-state index in [9.17, 15) is 4.79 Å². The monoisotopic (exact) mass is 154 g/mol. The van der Waals surface area contributed by atoms with Crippen molar-refractivity contribution < 1.29 is 4.79 Å². The summed E-state index contributed by atoms with van der Waals surface area (Å²) in [5.41, 5.74) is 1.20. The number of hydrogen-bond acceptors (Lipinski definition) is 2. The third-order valence-corrected chi connectivity index (χ3v) is 2.29. The van der Waals surface area contributed by atoms with E-state index in [1.54, 1.807) is 0 Å². The molecule has 2 heteroatoms. The lowest BCUT2D eigenvalue weighted by Crippen LogP contribution is -1.83. The Balaban J connectivity index is 2.79. The van der Waals surface area contributed by atoms with Crippen LogP contribution < -0.4 is 0 Å². The Labute approximate surface area is 64.7 Å². The topological polar surface area (TPSA) is 17.1 Å². The van der Waals surface area contributed by atoms with Crippen LogP contribution in [0.3, 0.4) is 0 Å². The second kappa shape index (κ2) is 3.52. The Hall–Kier alpha value is -0.630. The normalized spacial score (nSPS) is 9.70. The molecule has 1 rings (SSSR count). The minimum atomic E-state index is 0.891. The molecule has 0 atom stereocenters. The first-order valence-electron chi connectivity index (χ1n) is 3.40. The molecule has 0 aromatic carbocycles. The summed E-state index contributed by atoms with van der Waals surface area (Å²) >= 11 is 1.52. The van der Waals surface area contributed by atoms with Gasteiger partial charge in [0.1, 0.15) is 0 Å². The van der Waals surface area contributed by atoms with Crippen LogP contribution in [-0.2, 0) is 6.42 Å². The van der Waals surface area contributed by atoms with Crippen LogP contribution in [0.25, 0.3) is 0 Å². The lowest BCUT2D eigenvalue weighted by atomic mass is 10.1. The van der Waals surface area contributed by atoms with Gasteiger partial charge in [-0.2, -0.15) is 0 Å². The van der Waals surface area contributed by atoms with Crippen LogP contribution in [0.1, 0.15) is 28.6 Å². The predicted octanol–water partition coefficient (Wildman–Crippen LogP) is 2.51. The second-order valence-electron chi connectivity index (χ2n) is 2.18. The van der Waals surface area contributed by atoms with Crippen molar-refractivity contribution in [3.05, 3.63) is 21.9 Å². The molecule has 1 aromatic heterocycles. The fourth-order valence-corrected chi connectivity index (χ4v) is 1.68. The van der Waals surface area contributed by atoms with Crippen molar-refractivity contribution in [1.29, 1.82) is 0 Å².